The van der Waals surface area contributed by atoms with Crippen LogP contribution in [0.2, 0.25) is 5.02 Å². The Labute approximate surface area is 192 Å². The van der Waals surface area contributed by atoms with Crippen LogP contribution in [-0.4, -0.2) is 77.8 Å². The van der Waals surface area contributed by atoms with E-state index < -0.39 is 0 Å². The fraction of sp³-hybridized carbons (Fsp3) is 0.591. The molecule has 2 aromatic heterocycles. The maximum atomic E-state index is 11.9. The molecule has 3 aliphatic rings. The van der Waals surface area contributed by atoms with Crippen molar-refractivity contribution in [3.8, 4) is 11.4 Å². The lowest BCUT2D eigenvalue weighted by Gasteiger charge is -2.48. The number of carbonyl (C=O) groups is 1. The average Bonchev–Trinajstić information content (AvgIpc) is 3.43. The molecule has 0 N–H and O–H groups in total. The molecule has 9 heteroatoms. The predicted octanol–water partition coefficient (Wildman–Crippen LogP) is 3.99. The van der Waals surface area contributed by atoms with Crippen LogP contribution < -0.4 is 4.90 Å². The number of rotatable bonds is 4. The summed E-state index contributed by atoms with van der Waals surface area (Å²) in [5.74, 6) is 0. The minimum absolute atomic E-state index is 0.156. The van der Waals surface area contributed by atoms with Crippen LogP contribution in [0.5, 0.6) is 0 Å². The lowest BCUT2D eigenvalue weighted by Crippen LogP contribution is -2.58. The molecule has 4 heterocycles. The number of amides is 1. The van der Waals surface area contributed by atoms with Gasteiger partial charge in [-0.25, -0.2) is 9.78 Å². The normalized spacial score (nSPS) is 23.2. The second-order valence-electron chi connectivity index (χ2n) is 8.87. The highest BCUT2D eigenvalue weighted by molar-refractivity contribution is 7.07. The molecule has 0 aromatic carbocycles. The number of likely N-dealkylation sites (tertiary alicyclic amines) is 1. The highest BCUT2D eigenvalue weighted by Crippen LogP contribution is 2.47. The van der Waals surface area contributed by atoms with E-state index in [1.165, 1.54) is 19.3 Å². The van der Waals surface area contributed by atoms with Gasteiger partial charge in [0.1, 0.15) is 11.4 Å². The molecule has 3 fully saturated rings. The first-order valence-corrected chi connectivity index (χ1v) is 12.3. The number of carbonyl (C=O) groups excluding carboxylic acids is 1. The molecule has 1 aliphatic carbocycles. The molecule has 1 spiro atoms. The van der Waals surface area contributed by atoms with E-state index in [-0.39, 0.29) is 6.09 Å². The third kappa shape index (κ3) is 4.13. The molecule has 2 saturated heterocycles. The molecular weight excluding hydrogens is 434 g/mol. The molecule has 0 radical (unpaired) electrons. The summed E-state index contributed by atoms with van der Waals surface area (Å²) in [7, 11) is 0. The summed E-state index contributed by atoms with van der Waals surface area (Å²) >= 11 is 7.86. The average molecular weight is 462 g/mol. The monoisotopic (exact) mass is 461 g/mol. The van der Waals surface area contributed by atoms with Crippen molar-refractivity contribution in [3.63, 3.8) is 0 Å². The minimum Gasteiger partial charge on any atom is -0.450 e. The number of hydrogen-bond donors (Lipinski definition) is 0. The van der Waals surface area contributed by atoms with Gasteiger partial charge in [0.25, 0.3) is 0 Å². The SMILES string of the molecule is CCOC(=O)N1CC2(CC[C@@H](N3CCN(c4cc(Cl)cnc4-c4cscn4)CC3)C2)C1. The molecule has 1 atom stereocenters. The summed E-state index contributed by atoms with van der Waals surface area (Å²) in [4.78, 5) is 27.8. The smallest absolute Gasteiger partial charge is 0.409 e. The summed E-state index contributed by atoms with van der Waals surface area (Å²) < 4.78 is 5.14. The van der Waals surface area contributed by atoms with Crippen molar-refractivity contribution in [2.24, 2.45) is 5.41 Å². The van der Waals surface area contributed by atoms with E-state index in [2.05, 4.69) is 19.8 Å². The lowest BCUT2D eigenvalue weighted by atomic mass is 9.78. The van der Waals surface area contributed by atoms with Crippen molar-refractivity contribution >= 4 is 34.7 Å². The maximum Gasteiger partial charge on any atom is 0.409 e. The highest BCUT2D eigenvalue weighted by atomic mass is 35.5. The summed E-state index contributed by atoms with van der Waals surface area (Å²) in [6.45, 7) is 7.99. The van der Waals surface area contributed by atoms with Crippen LogP contribution in [-0.2, 0) is 4.74 Å². The fourth-order valence-electron chi connectivity index (χ4n) is 5.41. The maximum absolute atomic E-state index is 11.9. The van der Waals surface area contributed by atoms with E-state index in [1.54, 1.807) is 17.5 Å². The van der Waals surface area contributed by atoms with Gasteiger partial charge in [0, 0.05) is 62.3 Å². The predicted molar refractivity (Wildman–Crippen MR) is 123 cm³/mol. The molecule has 0 unspecified atom stereocenters. The number of hydrogen-bond acceptors (Lipinski definition) is 7. The minimum atomic E-state index is -0.156. The number of ether oxygens (including phenoxy) is 1. The van der Waals surface area contributed by atoms with Crippen molar-refractivity contribution < 1.29 is 9.53 Å². The number of halogens is 1. The molecule has 1 amide bonds. The number of thiazole rings is 1. The van der Waals surface area contributed by atoms with E-state index in [4.69, 9.17) is 16.3 Å². The molecule has 7 nitrogen and oxygen atoms in total. The second-order valence-corrected chi connectivity index (χ2v) is 10.0. The van der Waals surface area contributed by atoms with Crippen LogP contribution >= 0.6 is 22.9 Å². The molecule has 31 heavy (non-hydrogen) atoms. The van der Waals surface area contributed by atoms with Gasteiger partial charge >= 0.3 is 6.09 Å². The first kappa shape index (κ1) is 21.0. The lowest BCUT2D eigenvalue weighted by molar-refractivity contribution is -0.00294. The number of nitrogens with zero attached hydrogens (tertiary/aromatic N) is 5. The van der Waals surface area contributed by atoms with Gasteiger partial charge in [-0.15, -0.1) is 11.3 Å². The van der Waals surface area contributed by atoms with Crippen LogP contribution in [0.4, 0.5) is 10.5 Å². The standard InChI is InChI=1S/C22H28ClN5O2S/c1-2-30-21(29)28-13-22(14-28)4-3-17(10-22)26-5-7-27(8-6-26)19-9-16(23)11-24-20(19)18-12-31-15-25-18/h9,11-12,15,17H,2-8,10,13-14H2,1H3/t17-/m1/s1. The summed E-state index contributed by atoms with van der Waals surface area (Å²) in [5.41, 5.74) is 5.04. The molecule has 166 valence electrons. The van der Waals surface area contributed by atoms with Gasteiger partial charge in [0.2, 0.25) is 0 Å². The van der Waals surface area contributed by atoms with Crippen LogP contribution in [0.3, 0.4) is 0 Å². The van der Waals surface area contributed by atoms with E-state index in [1.807, 2.05) is 28.8 Å². The number of anilines is 1. The van der Waals surface area contributed by atoms with Gasteiger partial charge < -0.3 is 14.5 Å². The highest BCUT2D eigenvalue weighted by Gasteiger charge is 2.51. The first-order valence-electron chi connectivity index (χ1n) is 11.0. The molecule has 5 rings (SSSR count). The van der Waals surface area contributed by atoms with E-state index in [9.17, 15) is 4.79 Å². The van der Waals surface area contributed by atoms with Crippen molar-refractivity contribution in [1.29, 1.82) is 0 Å². The number of aromatic nitrogens is 2. The Balaban J connectivity index is 1.19. The molecule has 0 bridgehead atoms. The Morgan fingerprint density at radius 1 is 1.29 bits per heavy atom. The van der Waals surface area contributed by atoms with Crippen LogP contribution in [0.1, 0.15) is 26.2 Å². The van der Waals surface area contributed by atoms with Gasteiger partial charge in [-0.05, 0) is 32.3 Å². The quantitative estimate of drug-likeness (QED) is 0.686. The fourth-order valence-corrected chi connectivity index (χ4v) is 6.10. The molecule has 1 saturated carbocycles. The Morgan fingerprint density at radius 3 is 2.81 bits per heavy atom. The third-order valence-electron chi connectivity index (χ3n) is 6.94. The zero-order valence-electron chi connectivity index (χ0n) is 17.8. The van der Waals surface area contributed by atoms with Crippen molar-refractivity contribution in [1.82, 2.24) is 19.8 Å². The third-order valence-corrected chi connectivity index (χ3v) is 7.73. The van der Waals surface area contributed by atoms with Gasteiger partial charge in [-0.3, -0.25) is 9.88 Å². The Bertz CT molecular complexity index is 926. The second kappa shape index (κ2) is 8.56. The molecular formula is C22H28ClN5O2S. The molecule has 2 aliphatic heterocycles. The first-order chi connectivity index (χ1) is 15.1. The summed E-state index contributed by atoms with van der Waals surface area (Å²) in [5, 5.41) is 2.69. The Hall–Kier alpha value is -1.90. The van der Waals surface area contributed by atoms with Crippen LogP contribution in [0.15, 0.2) is 23.2 Å². The zero-order valence-corrected chi connectivity index (χ0v) is 19.4. The van der Waals surface area contributed by atoms with Gasteiger partial charge in [0.05, 0.1) is 22.8 Å². The zero-order chi connectivity index (χ0) is 21.4. The Kier molecular flexibility index (Phi) is 5.79. The van der Waals surface area contributed by atoms with Crippen molar-refractivity contribution in [3.05, 3.63) is 28.2 Å². The van der Waals surface area contributed by atoms with E-state index in [0.717, 1.165) is 56.3 Å². The van der Waals surface area contributed by atoms with Gasteiger partial charge in [-0.1, -0.05) is 11.6 Å². The largest absolute Gasteiger partial charge is 0.450 e. The van der Waals surface area contributed by atoms with E-state index in [0.29, 0.717) is 23.1 Å². The van der Waals surface area contributed by atoms with Crippen LogP contribution in [0.25, 0.3) is 11.4 Å². The van der Waals surface area contributed by atoms with Crippen LogP contribution in [0, 0.1) is 5.41 Å². The van der Waals surface area contributed by atoms with Crippen molar-refractivity contribution in [2.75, 3.05) is 50.8 Å². The van der Waals surface area contributed by atoms with E-state index >= 15 is 0 Å². The molecule has 2 aromatic rings. The Morgan fingerprint density at radius 2 is 2.10 bits per heavy atom. The van der Waals surface area contributed by atoms with Gasteiger partial charge in [-0.2, -0.15) is 0 Å². The number of pyridine rings is 1. The van der Waals surface area contributed by atoms with Crippen molar-refractivity contribution in [2.45, 2.75) is 32.2 Å². The number of piperazine rings is 1. The topological polar surface area (TPSA) is 61.8 Å². The summed E-state index contributed by atoms with van der Waals surface area (Å²) in [6.07, 6.45) is 5.16. The summed E-state index contributed by atoms with van der Waals surface area (Å²) in [6, 6.07) is 2.63. The van der Waals surface area contributed by atoms with Gasteiger partial charge in [0.15, 0.2) is 0 Å².